The molecular weight excluding hydrogens is 299 g/mol. The van der Waals surface area contributed by atoms with Gasteiger partial charge in [-0.05, 0) is 46.5 Å². The third-order valence-electron chi connectivity index (χ3n) is 3.96. The lowest BCUT2D eigenvalue weighted by Gasteiger charge is -2.08. The molecule has 0 spiro atoms. The maximum atomic E-state index is 13.5. The Bertz CT molecular complexity index is 913. The fourth-order valence-corrected chi connectivity index (χ4v) is 3.09. The quantitative estimate of drug-likeness (QED) is 0.463. The summed E-state index contributed by atoms with van der Waals surface area (Å²) in [5, 5.41) is 0.646. The van der Waals surface area contributed by atoms with Crippen LogP contribution < -0.4 is 0 Å². The van der Waals surface area contributed by atoms with Crippen molar-refractivity contribution >= 4 is 17.4 Å². The topological polar surface area (TPSA) is 17.1 Å². The van der Waals surface area contributed by atoms with Gasteiger partial charge in [-0.15, -0.1) is 0 Å². The highest BCUT2D eigenvalue weighted by Crippen LogP contribution is 2.41. The minimum atomic E-state index is -0.395. The molecule has 1 nitrogen and oxygen atoms in total. The minimum absolute atomic E-state index is 0.130. The van der Waals surface area contributed by atoms with Gasteiger partial charge in [0.2, 0.25) is 0 Å². The molecule has 3 aromatic carbocycles. The van der Waals surface area contributed by atoms with Crippen LogP contribution in [-0.2, 0) is 0 Å². The molecule has 0 amide bonds. The van der Waals surface area contributed by atoms with Crippen molar-refractivity contribution in [2.45, 2.75) is 0 Å². The van der Waals surface area contributed by atoms with Gasteiger partial charge >= 0.3 is 0 Å². The smallest absolute Gasteiger partial charge is 0.195 e. The molecule has 1 aliphatic carbocycles. The van der Waals surface area contributed by atoms with Crippen LogP contribution in [0.3, 0.4) is 0 Å². The zero-order valence-corrected chi connectivity index (χ0v) is 12.2. The van der Waals surface area contributed by atoms with Crippen LogP contribution in [0, 0.1) is 5.82 Å². The van der Waals surface area contributed by atoms with Crippen molar-refractivity contribution in [3.63, 3.8) is 0 Å². The van der Waals surface area contributed by atoms with E-state index in [0.29, 0.717) is 16.1 Å². The van der Waals surface area contributed by atoms with Gasteiger partial charge in [0, 0.05) is 16.1 Å². The summed E-state index contributed by atoms with van der Waals surface area (Å²) < 4.78 is 13.5. The van der Waals surface area contributed by atoms with Gasteiger partial charge in [0.25, 0.3) is 0 Å². The van der Waals surface area contributed by atoms with E-state index in [1.54, 1.807) is 18.2 Å². The Morgan fingerprint density at radius 3 is 2.27 bits per heavy atom. The molecule has 0 saturated carbocycles. The molecule has 0 atom stereocenters. The SMILES string of the molecule is O=C1c2cc(F)ccc2-c2cccc(-c3ccc(Cl)cc3)c21. The van der Waals surface area contributed by atoms with Crippen LogP contribution >= 0.6 is 11.6 Å². The number of carbonyl (C=O) groups is 1. The molecule has 1 aliphatic rings. The highest BCUT2D eigenvalue weighted by molar-refractivity contribution is 6.30. The molecule has 0 N–H and O–H groups in total. The van der Waals surface area contributed by atoms with Crippen molar-refractivity contribution in [1.29, 1.82) is 0 Å². The number of rotatable bonds is 1. The van der Waals surface area contributed by atoms with Crippen LogP contribution in [-0.4, -0.2) is 5.78 Å². The average Bonchev–Trinajstić information content (AvgIpc) is 2.81. The first-order valence-electron chi connectivity index (χ1n) is 6.89. The van der Waals surface area contributed by atoms with E-state index in [4.69, 9.17) is 11.6 Å². The standard InChI is InChI=1S/C19H10ClFO/c20-12-6-4-11(5-7-12)14-2-1-3-16-15-9-8-13(21)10-17(15)19(22)18(14)16/h1-10H. The molecule has 22 heavy (non-hydrogen) atoms. The number of hydrogen-bond acceptors (Lipinski definition) is 1. The first-order chi connectivity index (χ1) is 10.6. The average molecular weight is 309 g/mol. The summed E-state index contributed by atoms with van der Waals surface area (Å²) in [6.07, 6.45) is 0. The summed E-state index contributed by atoms with van der Waals surface area (Å²) >= 11 is 5.93. The molecule has 0 aliphatic heterocycles. The lowest BCUT2D eigenvalue weighted by Crippen LogP contribution is -1.98. The normalized spacial score (nSPS) is 12.2. The maximum Gasteiger partial charge on any atom is 0.195 e. The number of halogens is 2. The number of ketones is 1. The summed E-state index contributed by atoms with van der Waals surface area (Å²) in [4.78, 5) is 12.7. The molecular formula is C19H10ClFO. The fourth-order valence-electron chi connectivity index (χ4n) is 2.97. The van der Waals surface area contributed by atoms with E-state index in [-0.39, 0.29) is 5.78 Å². The van der Waals surface area contributed by atoms with Crippen LogP contribution in [0.5, 0.6) is 0 Å². The summed E-state index contributed by atoms with van der Waals surface area (Å²) in [6.45, 7) is 0. The van der Waals surface area contributed by atoms with Crippen LogP contribution in [0.15, 0.2) is 60.7 Å². The predicted molar refractivity (Wildman–Crippen MR) is 85.7 cm³/mol. The van der Waals surface area contributed by atoms with E-state index >= 15 is 0 Å². The molecule has 0 radical (unpaired) electrons. The number of fused-ring (bicyclic) bond motifs is 3. The Morgan fingerprint density at radius 1 is 0.773 bits per heavy atom. The second kappa shape index (κ2) is 4.79. The third kappa shape index (κ3) is 1.88. The maximum absolute atomic E-state index is 13.5. The summed E-state index contributed by atoms with van der Waals surface area (Å²) in [5.74, 6) is -0.525. The number of benzene rings is 3. The van der Waals surface area contributed by atoms with Gasteiger partial charge < -0.3 is 0 Å². The second-order valence-electron chi connectivity index (χ2n) is 5.25. The van der Waals surface area contributed by atoms with Crippen LogP contribution in [0.1, 0.15) is 15.9 Å². The number of hydrogen-bond donors (Lipinski definition) is 0. The largest absolute Gasteiger partial charge is 0.289 e. The first-order valence-corrected chi connectivity index (χ1v) is 7.26. The van der Waals surface area contributed by atoms with Gasteiger partial charge in [0.1, 0.15) is 5.82 Å². The first kappa shape index (κ1) is 13.2. The van der Waals surface area contributed by atoms with Crippen molar-refractivity contribution in [3.8, 4) is 22.3 Å². The minimum Gasteiger partial charge on any atom is -0.289 e. The monoisotopic (exact) mass is 308 g/mol. The summed E-state index contributed by atoms with van der Waals surface area (Å²) in [6, 6.07) is 17.4. The van der Waals surface area contributed by atoms with Gasteiger partial charge in [-0.3, -0.25) is 4.79 Å². The Morgan fingerprint density at radius 2 is 1.50 bits per heavy atom. The second-order valence-corrected chi connectivity index (χ2v) is 5.69. The Labute approximate surface area is 132 Å². The molecule has 0 fully saturated rings. The molecule has 4 rings (SSSR count). The van der Waals surface area contributed by atoms with Crippen LogP contribution in [0.25, 0.3) is 22.3 Å². The highest BCUT2D eigenvalue weighted by Gasteiger charge is 2.29. The number of carbonyl (C=O) groups excluding carboxylic acids is 1. The van der Waals surface area contributed by atoms with Crippen LogP contribution in [0.2, 0.25) is 5.02 Å². The van der Waals surface area contributed by atoms with Gasteiger partial charge in [-0.1, -0.05) is 48.0 Å². The van der Waals surface area contributed by atoms with E-state index in [0.717, 1.165) is 22.3 Å². The van der Waals surface area contributed by atoms with E-state index in [1.807, 2.05) is 30.3 Å². The lowest BCUT2D eigenvalue weighted by atomic mass is 9.95. The van der Waals surface area contributed by atoms with Crippen molar-refractivity contribution in [3.05, 3.63) is 82.6 Å². The van der Waals surface area contributed by atoms with Crippen molar-refractivity contribution in [2.24, 2.45) is 0 Å². The lowest BCUT2D eigenvalue weighted by molar-refractivity contribution is 0.104. The van der Waals surface area contributed by atoms with Gasteiger partial charge in [0.15, 0.2) is 5.78 Å². The zero-order valence-electron chi connectivity index (χ0n) is 11.4. The van der Waals surface area contributed by atoms with Crippen LogP contribution in [0.4, 0.5) is 4.39 Å². The molecule has 106 valence electrons. The summed E-state index contributed by atoms with van der Waals surface area (Å²) in [5.41, 5.74) is 4.46. The fraction of sp³-hybridized carbons (Fsp3) is 0. The molecule has 3 aromatic rings. The molecule has 0 aromatic heterocycles. The third-order valence-corrected chi connectivity index (χ3v) is 4.22. The highest BCUT2D eigenvalue weighted by atomic mass is 35.5. The van der Waals surface area contributed by atoms with Crippen molar-refractivity contribution in [2.75, 3.05) is 0 Å². The predicted octanol–water partition coefficient (Wildman–Crippen LogP) is 5.36. The molecule has 0 bridgehead atoms. The van der Waals surface area contributed by atoms with Gasteiger partial charge in [-0.25, -0.2) is 4.39 Å². The Kier molecular flexibility index (Phi) is 2.88. The van der Waals surface area contributed by atoms with E-state index in [2.05, 4.69) is 0 Å². The van der Waals surface area contributed by atoms with Crippen molar-refractivity contribution in [1.82, 2.24) is 0 Å². The zero-order chi connectivity index (χ0) is 15.3. The van der Waals surface area contributed by atoms with E-state index in [9.17, 15) is 9.18 Å². The Hall–Kier alpha value is -2.45. The van der Waals surface area contributed by atoms with E-state index in [1.165, 1.54) is 12.1 Å². The van der Waals surface area contributed by atoms with E-state index < -0.39 is 5.82 Å². The Balaban J connectivity index is 1.97. The molecule has 0 unspecified atom stereocenters. The van der Waals surface area contributed by atoms with Gasteiger partial charge in [0.05, 0.1) is 0 Å². The molecule has 0 heterocycles. The summed E-state index contributed by atoms with van der Waals surface area (Å²) in [7, 11) is 0. The van der Waals surface area contributed by atoms with Gasteiger partial charge in [-0.2, -0.15) is 0 Å². The molecule has 0 saturated heterocycles. The molecule has 3 heteroatoms. The van der Waals surface area contributed by atoms with Crippen molar-refractivity contribution < 1.29 is 9.18 Å².